The predicted molar refractivity (Wildman–Crippen MR) is 55.4 cm³/mol. The van der Waals surface area contributed by atoms with Crippen molar-refractivity contribution in [3.8, 4) is 6.07 Å². The van der Waals surface area contributed by atoms with Crippen LogP contribution in [0.5, 0.6) is 0 Å². The lowest BCUT2D eigenvalue weighted by atomic mass is 10.1. The zero-order valence-electron chi connectivity index (χ0n) is 8.40. The highest BCUT2D eigenvalue weighted by Gasteiger charge is 2.03. The van der Waals surface area contributed by atoms with Crippen LogP contribution in [0, 0.1) is 11.3 Å². The molecular weight excluding hydrogens is 174 g/mol. The Morgan fingerprint density at radius 1 is 1.64 bits per heavy atom. The van der Waals surface area contributed by atoms with Crippen LogP contribution in [0.4, 0.5) is 0 Å². The van der Waals surface area contributed by atoms with Gasteiger partial charge in [-0.1, -0.05) is 13.0 Å². The van der Waals surface area contributed by atoms with Crippen LogP contribution in [0.1, 0.15) is 25.3 Å². The van der Waals surface area contributed by atoms with Crippen LogP contribution in [-0.2, 0) is 6.54 Å². The molecule has 0 aliphatic heterocycles. The molecule has 0 saturated carbocycles. The lowest BCUT2D eigenvalue weighted by Crippen LogP contribution is -2.27. The van der Waals surface area contributed by atoms with Gasteiger partial charge in [0.15, 0.2) is 0 Å². The first kappa shape index (κ1) is 10.7. The summed E-state index contributed by atoms with van der Waals surface area (Å²) in [5.41, 5.74) is 1.16. The summed E-state index contributed by atoms with van der Waals surface area (Å²) in [7, 11) is 0. The Morgan fingerprint density at radius 2 is 2.50 bits per heavy atom. The zero-order valence-corrected chi connectivity index (χ0v) is 8.40. The van der Waals surface area contributed by atoms with Gasteiger partial charge in [0.2, 0.25) is 0 Å². The molecule has 0 aliphatic rings. The summed E-state index contributed by atoms with van der Waals surface area (Å²) in [6, 6.07) is 6.41. The number of nitrogens with zero attached hydrogens (tertiary/aromatic N) is 2. The summed E-state index contributed by atoms with van der Waals surface area (Å²) in [6.45, 7) is 2.87. The van der Waals surface area contributed by atoms with E-state index in [-0.39, 0.29) is 0 Å². The largest absolute Gasteiger partial charge is 0.309 e. The molecule has 0 aromatic carbocycles. The van der Waals surface area contributed by atoms with Gasteiger partial charge in [-0.15, -0.1) is 0 Å². The Labute approximate surface area is 84.8 Å². The lowest BCUT2D eigenvalue weighted by Gasteiger charge is -2.12. The fraction of sp³-hybridized carbons (Fsp3) is 0.455. The zero-order chi connectivity index (χ0) is 10.2. The van der Waals surface area contributed by atoms with Crippen LogP contribution in [0.15, 0.2) is 24.5 Å². The Morgan fingerprint density at radius 3 is 3.07 bits per heavy atom. The number of rotatable bonds is 5. The molecule has 0 amide bonds. The summed E-state index contributed by atoms with van der Waals surface area (Å²) in [4.78, 5) is 4.03. The molecule has 1 heterocycles. The van der Waals surface area contributed by atoms with Crippen molar-refractivity contribution in [2.75, 3.05) is 0 Å². The van der Waals surface area contributed by atoms with Gasteiger partial charge < -0.3 is 5.32 Å². The van der Waals surface area contributed by atoms with Gasteiger partial charge >= 0.3 is 0 Å². The lowest BCUT2D eigenvalue weighted by molar-refractivity contribution is 0.504. The SMILES string of the molecule is CCC(CC#N)NCc1cccnc1. The summed E-state index contributed by atoms with van der Waals surface area (Å²) in [6.07, 6.45) is 5.15. The number of nitriles is 1. The highest BCUT2D eigenvalue weighted by atomic mass is 14.9. The van der Waals surface area contributed by atoms with E-state index in [1.54, 1.807) is 6.20 Å². The molecule has 0 radical (unpaired) electrons. The van der Waals surface area contributed by atoms with Gasteiger partial charge in [-0.05, 0) is 18.1 Å². The van der Waals surface area contributed by atoms with E-state index in [1.807, 2.05) is 18.3 Å². The van der Waals surface area contributed by atoms with E-state index in [4.69, 9.17) is 5.26 Å². The second-order valence-electron chi connectivity index (χ2n) is 3.21. The van der Waals surface area contributed by atoms with Crippen LogP contribution in [0.3, 0.4) is 0 Å². The Bertz CT molecular complexity index is 289. The predicted octanol–water partition coefficient (Wildman–Crippen LogP) is 1.86. The van der Waals surface area contributed by atoms with Crippen LogP contribution in [-0.4, -0.2) is 11.0 Å². The standard InChI is InChI=1S/C11H15N3/c1-2-11(5-6-12)14-9-10-4-3-7-13-8-10/h3-4,7-8,11,14H,2,5,9H2,1H3. The Kier molecular flexibility index (Phi) is 4.66. The fourth-order valence-electron chi connectivity index (χ4n) is 1.24. The van der Waals surface area contributed by atoms with Crippen molar-refractivity contribution < 1.29 is 0 Å². The van der Waals surface area contributed by atoms with E-state index in [0.29, 0.717) is 12.5 Å². The monoisotopic (exact) mass is 189 g/mol. The van der Waals surface area contributed by atoms with Gasteiger partial charge in [0.05, 0.1) is 12.5 Å². The third-order valence-corrected chi connectivity index (χ3v) is 2.15. The molecular formula is C11H15N3. The second-order valence-corrected chi connectivity index (χ2v) is 3.21. The first-order chi connectivity index (χ1) is 6.86. The number of nitrogens with one attached hydrogen (secondary N) is 1. The average Bonchev–Trinajstić information content (AvgIpc) is 2.25. The van der Waals surface area contributed by atoms with Crippen LogP contribution in [0.2, 0.25) is 0 Å². The molecule has 0 spiro atoms. The molecule has 3 nitrogen and oxygen atoms in total. The van der Waals surface area contributed by atoms with E-state index in [2.05, 4.69) is 23.3 Å². The molecule has 3 heteroatoms. The van der Waals surface area contributed by atoms with Gasteiger partial charge in [-0.2, -0.15) is 5.26 Å². The van der Waals surface area contributed by atoms with Crippen molar-refractivity contribution in [2.45, 2.75) is 32.4 Å². The van der Waals surface area contributed by atoms with Crippen molar-refractivity contribution in [1.82, 2.24) is 10.3 Å². The first-order valence-electron chi connectivity index (χ1n) is 4.86. The van der Waals surface area contributed by atoms with E-state index in [0.717, 1.165) is 18.5 Å². The third-order valence-electron chi connectivity index (χ3n) is 2.15. The van der Waals surface area contributed by atoms with Gasteiger partial charge in [0.25, 0.3) is 0 Å². The number of hydrogen-bond acceptors (Lipinski definition) is 3. The molecule has 14 heavy (non-hydrogen) atoms. The minimum absolute atomic E-state index is 0.292. The Hall–Kier alpha value is -1.40. The van der Waals surface area contributed by atoms with E-state index < -0.39 is 0 Å². The molecule has 0 saturated heterocycles. The highest BCUT2D eigenvalue weighted by molar-refractivity contribution is 5.08. The van der Waals surface area contributed by atoms with E-state index in [9.17, 15) is 0 Å². The van der Waals surface area contributed by atoms with Gasteiger partial charge in [0.1, 0.15) is 0 Å². The molecule has 1 aromatic heterocycles. The summed E-state index contributed by atoms with van der Waals surface area (Å²) in [5.74, 6) is 0. The van der Waals surface area contributed by atoms with Crippen molar-refractivity contribution in [1.29, 1.82) is 5.26 Å². The van der Waals surface area contributed by atoms with Crippen molar-refractivity contribution in [3.05, 3.63) is 30.1 Å². The summed E-state index contributed by atoms with van der Waals surface area (Å²) >= 11 is 0. The topological polar surface area (TPSA) is 48.7 Å². The van der Waals surface area contributed by atoms with E-state index in [1.165, 1.54) is 0 Å². The summed E-state index contributed by atoms with van der Waals surface area (Å²) in [5, 5.41) is 11.9. The molecule has 74 valence electrons. The minimum atomic E-state index is 0.292. The number of pyridine rings is 1. The first-order valence-corrected chi connectivity index (χ1v) is 4.86. The van der Waals surface area contributed by atoms with Crippen molar-refractivity contribution in [3.63, 3.8) is 0 Å². The van der Waals surface area contributed by atoms with Crippen LogP contribution >= 0.6 is 0 Å². The molecule has 1 atom stereocenters. The molecule has 1 unspecified atom stereocenters. The van der Waals surface area contributed by atoms with Gasteiger partial charge in [0, 0.05) is 25.0 Å². The fourth-order valence-corrected chi connectivity index (χ4v) is 1.24. The van der Waals surface area contributed by atoms with Crippen molar-refractivity contribution >= 4 is 0 Å². The quantitative estimate of drug-likeness (QED) is 0.769. The molecule has 1 rings (SSSR count). The maximum absolute atomic E-state index is 8.56. The number of aromatic nitrogens is 1. The maximum Gasteiger partial charge on any atom is 0.0638 e. The molecule has 1 aromatic rings. The molecule has 0 bridgehead atoms. The van der Waals surface area contributed by atoms with Crippen LogP contribution < -0.4 is 5.32 Å². The molecule has 1 N–H and O–H groups in total. The van der Waals surface area contributed by atoms with Gasteiger partial charge in [-0.25, -0.2) is 0 Å². The van der Waals surface area contributed by atoms with Gasteiger partial charge in [-0.3, -0.25) is 4.98 Å². The average molecular weight is 189 g/mol. The molecule has 0 fully saturated rings. The Balaban J connectivity index is 2.36. The van der Waals surface area contributed by atoms with E-state index >= 15 is 0 Å². The minimum Gasteiger partial charge on any atom is -0.309 e. The van der Waals surface area contributed by atoms with Crippen molar-refractivity contribution in [2.24, 2.45) is 0 Å². The third kappa shape index (κ3) is 3.55. The maximum atomic E-state index is 8.56. The number of hydrogen-bond donors (Lipinski definition) is 1. The summed E-state index contributed by atoms with van der Waals surface area (Å²) < 4.78 is 0. The highest BCUT2D eigenvalue weighted by Crippen LogP contribution is 2.00. The second kappa shape index (κ2) is 6.11. The molecule has 0 aliphatic carbocycles. The van der Waals surface area contributed by atoms with Crippen LogP contribution in [0.25, 0.3) is 0 Å². The smallest absolute Gasteiger partial charge is 0.0638 e. The normalized spacial score (nSPS) is 12.0.